The Morgan fingerprint density at radius 3 is 2.68 bits per heavy atom. The van der Waals surface area contributed by atoms with Gasteiger partial charge in [-0.15, -0.1) is 0 Å². The smallest absolute Gasteiger partial charge is 0.325 e. The number of pyridine rings is 1. The van der Waals surface area contributed by atoms with E-state index in [0.717, 1.165) is 35.0 Å². The van der Waals surface area contributed by atoms with E-state index in [-0.39, 0.29) is 5.91 Å². The lowest BCUT2D eigenvalue weighted by molar-refractivity contribution is -0.138. The fraction of sp³-hybridized carbons (Fsp3) is 0.353. The monoisotopic (exact) mass is 298 g/mol. The van der Waals surface area contributed by atoms with E-state index in [4.69, 9.17) is 5.11 Å². The third-order valence-corrected chi connectivity index (χ3v) is 3.94. The molecule has 1 aromatic carbocycles. The first-order valence-electron chi connectivity index (χ1n) is 7.40. The van der Waals surface area contributed by atoms with Crippen LogP contribution in [0.3, 0.4) is 0 Å². The minimum absolute atomic E-state index is 0.366. The van der Waals surface area contributed by atoms with E-state index < -0.39 is 12.0 Å². The number of aryl methyl sites for hydroxylation is 1. The molecule has 1 aliphatic rings. The van der Waals surface area contributed by atoms with Crippen molar-refractivity contribution in [3.05, 3.63) is 41.1 Å². The number of carbonyl (C=O) groups is 2. The van der Waals surface area contributed by atoms with Crippen LogP contribution in [0.2, 0.25) is 0 Å². The summed E-state index contributed by atoms with van der Waals surface area (Å²) in [5.74, 6) is -0.991. The average Bonchev–Trinajstić information content (AvgIpc) is 3.30. The van der Waals surface area contributed by atoms with Crippen LogP contribution in [0.15, 0.2) is 24.3 Å². The van der Waals surface area contributed by atoms with Crippen molar-refractivity contribution in [2.75, 3.05) is 0 Å². The van der Waals surface area contributed by atoms with Crippen LogP contribution in [-0.2, 0) is 4.79 Å². The second-order valence-corrected chi connectivity index (χ2v) is 5.92. The zero-order valence-corrected chi connectivity index (χ0v) is 12.6. The van der Waals surface area contributed by atoms with Gasteiger partial charge in [-0.05, 0) is 44.9 Å². The Hall–Kier alpha value is -2.43. The highest BCUT2D eigenvalue weighted by Crippen LogP contribution is 2.40. The van der Waals surface area contributed by atoms with Crippen molar-refractivity contribution in [2.45, 2.75) is 38.6 Å². The zero-order valence-electron chi connectivity index (χ0n) is 12.6. The first-order chi connectivity index (χ1) is 10.5. The number of aliphatic carboxylic acids is 1. The Labute approximate surface area is 128 Å². The van der Waals surface area contributed by atoms with Crippen molar-refractivity contribution in [2.24, 2.45) is 0 Å². The number of nitrogens with one attached hydrogen (secondary N) is 1. The molecule has 114 valence electrons. The lowest BCUT2D eigenvalue weighted by Crippen LogP contribution is -2.38. The third kappa shape index (κ3) is 2.79. The maximum atomic E-state index is 12.5. The molecule has 5 heteroatoms. The molecular weight excluding hydrogens is 280 g/mol. The van der Waals surface area contributed by atoms with Crippen molar-refractivity contribution in [3.63, 3.8) is 0 Å². The van der Waals surface area contributed by atoms with Gasteiger partial charge in [0.15, 0.2) is 0 Å². The molecule has 1 aliphatic carbocycles. The first kappa shape index (κ1) is 14.5. The molecule has 5 nitrogen and oxygen atoms in total. The highest BCUT2D eigenvalue weighted by molar-refractivity contribution is 6.07. The molecule has 0 spiro atoms. The Balaban J connectivity index is 2.07. The molecule has 0 radical (unpaired) electrons. The number of amides is 1. The van der Waals surface area contributed by atoms with Crippen molar-refractivity contribution in [1.82, 2.24) is 10.3 Å². The van der Waals surface area contributed by atoms with E-state index in [2.05, 4.69) is 10.3 Å². The molecule has 0 saturated heterocycles. The minimum atomic E-state index is -1.05. The molecule has 1 amide bonds. The summed E-state index contributed by atoms with van der Waals surface area (Å²) < 4.78 is 0. The van der Waals surface area contributed by atoms with Crippen LogP contribution in [0.4, 0.5) is 0 Å². The summed E-state index contributed by atoms with van der Waals surface area (Å²) in [6.45, 7) is 3.41. The molecule has 3 rings (SSSR count). The Kier molecular flexibility index (Phi) is 3.56. The predicted octanol–water partition coefficient (Wildman–Crippen LogP) is 2.62. The number of carboxylic acid groups (broad SMARTS) is 1. The van der Waals surface area contributed by atoms with Crippen molar-refractivity contribution < 1.29 is 14.7 Å². The molecule has 22 heavy (non-hydrogen) atoms. The molecule has 1 fully saturated rings. The van der Waals surface area contributed by atoms with Gasteiger partial charge in [-0.1, -0.05) is 11.6 Å². The molecule has 1 saturated carbocycles. The summed E-state index contributed by atoms with van der Waals surface area (Å²) in [6, 6.07) is 6.68. The van der Waals surface area contributed by atoms with Gasteiger partial charge in [0, 0.05) is 17.0 Å². The number of benzene rings is 1. The number of hydrogen-bond acceptors (Lipinski definition) is 3. The van der Waals surface area contributed by atoms with Gasteiger partial charge in [0.05, 0.1) is 11.1 Å². The summed E-state index contributed by atoms with van der Waals surface area (Å²) in [6.07, 6.45) is 2.19. The topological polar surface area (TPSA) is 79.3 Å². The molecule has 2 aromatic rings. The van der Waals surface area contributed by atoms with Gasteiger partial charge < -0.3 is 10.4 Å². The molecule has 2 N–H and O–H groups in total. The van der Waals surface area contributed by atoms with Crippen LogP contribution in [0.5, 0.6) is 0 Å². The first-order valence-corrected chi connectivity index (χ1v) is 7.40. The normalized spacial score (nSPS) is 15.5. The van der Waals surface area contributed by atoms with Gasteiger partial charge in [0.2, 0.25) is 0 Å². The molecule has 1 aromatic heterocycles. The van der Waals surface area contributed by atoms with Gasteiger partial charge in [-0.2, -0.15) is 0 Å². The van der Waals surface area contributed by atoms with Crippen LogP contribution in [0.25, 0.3) is 10.9 Å². The summed E-state index contributed by atoms with van der Waals surface area (Å²) in [5.41, 5.74) is 3.24. The lowest BCUT2D eigenvalue weighted by Gasteiger charge is -2.13. The number of carbonyl (C=O) groups excluding carboxylic acids is 1. The number of carboxylic acids is 1. The third-order valence-electron chi connectivity index (χ3n) is 3.94. The fourth-order valence-corrected chi connectivity index (χ4v) is 2.47. The maximum Gasteiger partial charge on any atom is 0.325 e. The largest absolute Gasteiger partial charge is 0.480 e. The van der Waals surface area contributed by atoms with E-state index in [9.17, 15) is 9.59 Å². The van der Waals surface area contributed by atoms with E-state index in [1.54, 1.807) is 0 Å². The standard InChI is InChI=1S/C17H18N2O3/c1-9-3-6-14-12(7-9)13(8-15(19-14)11-4-5-11)16(20)18-10(2)17(21)22/h3,6-8,10-11H,4-5H2,1-2H3,(H,18,20)(H,21,22). The molecular formula is C17H18N2O3. The van der Waals surface area contributed by atoms with E-state index in [0.29, 0.717) is 11.5 Å². The number of nitrogens with zero attached hydrogens (tertiary/aromatic N) is 1. The van der Waals surface area contributed by atoms with Crippen LogP contribution >= 0.6 is 0 Å². The van der Waals surface area contributed by atoms with Crippen molar-refractivity contribution in [1.29, 1.82) is 0 Å². The van der Waals surface area contributed by atoms with E-state index in [1.165, 1.54) is 6.92 Å². The van der Waals surface area contributed by atoms with Crippen LogP contribution in [0.1, 0.15) is 47.3 Å². The van der Waals surface area contributed by atoms with Crippen molar-refractivity contribution in [3.8, 4) is 0 Å². The van der Waals surface area contributed by atoms with E-state index >= 15 is 0 Å². The molecule has 1 atom stereocenters. The molecule has 0 bridgehead atoms. The van der Waals surface area contributed by atoms with Crippen molar-refractivity contribution >= 4 is 22.8 Å². The van der Waals surface area contributed by atoms with Crippen LogP contribution < -0.4 is 5.32 Å². The van der Waals surface area contributed by atoms with Gasteiger partial charge in [-0.25, -0.2) is 0 Å². The number of hydrogen-bond donors (Lipinski definition) is 2. The van der Waals surface area contributed by atoms with Gasteiger partial charge in [-0.3, -0.25) is 14.6 Å². The lowest BCUT2D eigenvalue weighted by atomic mass is 10.0. The SMILES string of the molecule is Cc1ccc2nc(C3CC3)cc(C(=O)NC(C)C(=O)O)c2c1. The van der Waals surface area contributed by atoms with Gasteiger partial charge in [0.25, 0.3) is 5.91 Å². The average molecular weight is 298 g/mol. The summed E-state index contributed by atoms with van der Waals surface area (Å²) in [7, 11) is 0. The number of aromatic nitrogens is 1. The van der Waals surface area contributed by atoms with Crippen LogP contribution in [-0.4, -0.2) is 28.0 Å². The van der Waals surface area contributed by atoms with E-state index in [1.807, 2.05) is 31.2 Å². The molecule has 0 aliphatic heterocycles. The highest BCUT2D eigenvalue weighted by Gasteiger charge is 2.27. The van der Waals surface area contributed by atoms with Gasteiger partial charge >= 0.3 is 5.97 Å². The maximum absolute atomic E-state index is 12.5. The quantitative estimate of drug-likeness (QED) is 0.909. The molecule has 1 unspecified atom stereocenters. The summed E-state index contributed by atoms with van der Waals surface area (Å²) >= 11 is 0. The Morgan fingerprint density at radius 1 is 1.32 bits per heavy atom. The zero-order chi connectivity index (χ0) is 15.9. The minimum Gasteiger partial charge on any atom is -0.480 e. The molecule has 1 heterocycles. The second-order valence-electron chi connectivity index (χ2n) is 5.92. The Bertz CT molecular complexity index is 766. The second kappa shape index (κ2) is 5.40. The number of rotatable bonds is 4. The predicted molar refractivity (Wildman–Crippen MR) is 83.0 cm³/mol. The Morgan fingerprint density at radius 2 is 2.05 bits per heavy atom. The summed E-state index contributed by atoms with van der Waals surface area (Å²) in [5, 5.41) is 12.3. The number of fused-ring (bicyclic) bond motifs is 1. The highest BCUT2D eigenvalue weighted by atomic mass is 16.4. The van der Waals surface area contributed by atoms with Gasteiger partial charge in [0.1, 0.15) is 6.04 Å². The fourth-order valence-electron chi connectivity index (χ4n) is 2.47. The summed E-state index contributed by atoms with van der Waals surface area (Å²) in [4.78, 5) is 28.1. The van der Waals surface area contributed by atoms with Crippen LogP contribution in [0, 0.1) is 6.92 Å².